The van der Waals surface area contributed by atoms with Gasteiger partial charge in [-0.25, -0.2) is 0 Å². The summed E-state index contributed by atoms with van der Waals surface area (Å²) >= 11 is 6.18. The first kappa shape index (κ1) is 27.4. The Morgan fingerprint density at radius 1 is 1.12 bits per heavy atom. The van der Waals surface area contributed by atoms with Crippen LogP contribution in [0.1, 0.15) is 48.5 Å². The number of hydrogen-bond donors (Lipinski definition) is 2. The molecule has 2 heterocycles. The van der Waals surface area contributed by atoms with E-state index in [-0.39, 0.29) is 23.4 Å². The van der Waals surface area contributed by atoms with Crippen molar-refractivity contribution in [2.45, 2.75) is 38.7 Å². The van der Waals surface area contributed by atoms with Gasteiger partial charge in [-0.05, 0) is 72.9 Å². The summed E-state index contributed by atoms with van der Waals surface area (Å²) < 4.78 is 13.0. The van der Waals surface area contributed by atoms with Gasteiger partial charge in [0, 0.05) is 29.4 Å². The molecule has 0 spiro atoms. The lowest BCUT2D eigenvalue weighted by Gasteiger charge is -2.16. The number of carbonyl (C=O) groups excluding carboxylic acids is 1. The lowest BCUT2D eigenvalue weighted by atomic mass is 10.0. The summed E-state index contributed by atoms with van der Waals surface area (Å²) in [5, 5.41) is 10.9. The number of amides is 1. The van der Waals surface area contributed by atoms with Gasteiger partial charge in [-0.1, -0.05) is 49.7 Å². The van der Waals surface area contributed by atoms with E-state index in [2.05, 4.69) is 29.6 Å². The van der Waals surface area contributed by atoms with Crippen molar-refractivity contribution in [1.29, 1.82) is 0 Å². The van der Waals surface area contributed by atoms with Crippen LogP contribution in [-0.4, -0.2) is 34.9 Å². The zero-order valence-corrected chi connectivity index (χ0v) is 23.1. The van der Waals surface area contributed by atoms with E-state index in [0.717, 1.165) is 19.4 Å². The van der Waals surface area contributed by atoms with Crippen molar-refractivity contribution in [2.75, 3.05) is 18.5 Å². The van der Waals surface area contributed by atoms with E-state index < -0.39 is 5.56 Å². The largest absolute Gasteiger partial charge is 0.453 e. The highest BCUT2D eigenvalue weighted by Crippen LogP contribution is 2.30. The van der Waals surface area contributed by atoms with Crippen LogP contribution >= 0.6 is 11.6 Å². The van der Waals surface area contributed by atoms with Gasteiger partial charge in [-0.15, -0.1) is 0 Å². The Morgan fingerprint density at radius 2 is 1.93 bits per heavy atom. The average Bonchev–Trinajstić information content (AvgIpc) is 3.48. The molecule has 206 valence electrons. The summed E-state index contributed by atoms with van der Waals surface area (Å²) in [7, 11) is 0. The number of nitrogens with zero attached hydrogens (tertiary/aromatic N) is 2. The molecule has 1 saturated heterocycles. The number of carbonyl (C=O) groups is 1. The third-order valence-electron chi connectivity index (χ3n) is 6.68. The molecule has 1 aromatic heterocycles. The van der Waals surface area contributed by atoms with Crippen molar-refractivity contribution in [3.8, 4) is 17.2 Å². The third kappa shape index (κ3) is 6.52. The number of aromatic nitrogens is 2. The van der Waals surface area contributed by atoms with Crippen LogP contribution in [0.5, 0.6) is 11.5 Å². The minimum absolute atomic E-state index is 0.0429. The Labute approximate surface area is 237 Å². The molecule has 1 aliphatic heterocycles. The van der Waals surface area contributed by atoms with Crippen LogP contribution in [0.4, 0.5) is 11.4 Å². The van der Waals surface area contributed by atoms with Crippen LogP contribution < -0.4 is 20.9 Å². The maximum Gasteiger partial charge on any atom is 0.299 e. The molecule has 8 nitrogen and oxygen atoms in total. The molecule has 3 aromatic carbocycles. The van der Waals surface area contributed by atoms with Crippen molar-refractivity contribution in [3.05, 3.63) is 105 Å². The topological polar surface area (TPSA) is 94.5 Å². The maximum atomic E-state index is 13.7. The Balaban J connectivity index is 1.45. The van der Waals surface area contributed by atoms with E-state index >= 15 is 0 Å². The second-order valence-corrected chi connectivity index (χ2v) is 10.4. The average molecular weight is 559 g/mol. The quantitative estimate of drug-likeness (QED) is 0.245. The second-order valence-electron chi connectivity index (χ2n) is 9.96. The summed E-state index contributed by atoms with van der Waals surface area (Å²) in [6.45, 7) is 5.42. The number of hydrogen-bond acceptors (Lipinski definition) is 6. The fourth-order valence-corrected chi connectivity index (χ4v) is 4.65. The van der Waals surface area contributed by atoms with E-state index in [1.54, 1.807) is 48.5 Å². The number of nitrogens with one attached hydrogen (secondary N) is 2. The minimum Gasteiger partial charge on any atom is -0.453 e. The van der Waals surface area contributed by atoms with Crippen LogP contribution in [0.2, 0.25) is 5.02 Å². The van der Waals surface area contributed by atoms with Crippen LogP contribution in [0, 0.1) is 0 Å². The molecule has 0 saturated carbocycles. The summed E-state index contributed by atoms with van der Waals surface area (Å²) in [5.74, 6) is 0.974. The normalized spacial score (nSPS) is 14.8. The Kier molecular flexibility index (Phi) is 8.48. The molecule has 0 radical (unpaired) electrons. The summed E-state index contributed by atoms with van der Waals surface area (Å²) in [6, 6.07) is 21.5. The Hall–Kier alpha value is -4.14. The summed E-state index contributed by atoms with van der Waals surface area (Å²) in [4.78, 5) is 26.5. The highest BCUT2D eigenvalue weighted by molar-refractivity contribution is 6.30. The first-order valence-electron chi connectivity index (χ1n) is 13.3. The van der Waals surface area contributed by atoms with Crippen molar-refractivity contribution in [3.63, 3.8) is 0 Å². The second kappa shape index (κ2) is 12.4. The molecule has 4 aromatic rings. The molecule has 40 heavy (non-hydrogen) atoms. The molecule has 5 rings (SSSR count). The van der Waals surface area contributed by atoms with E-state index in [0.29, 0.717) is 40.2 Å². The SMILES string of the molecule is CC(C)c1ccc(Oc2cnn(-c3cccc(Cl)c3)c(=O)c2Nc2cccc(C(=O)NCC3CCCO3)c2)cc1. The molecule has 1 atom stereocenters. The molecule has 0 bridgehead atoms. The van der Waals surface area contributed by atoms with Gasteiger partial charge in [0.1, 0.15) is 5.75 Å². The number of ether oxygens (including phenoxy) is 2. The first-order chi connectivity index (χ1) is 19.4. The van der Waals surface area contributed by atoms with Crippen molar-refractivity contribution >= 4 is 28.9 Å². The van der Waals surface area contributed by atoms with Crippen LogP contribution in [-0.2, 0) is 4.74 Å². The van der Waals surface area contributed by atoms with Gasteiger partial charge < -0.3 is 20.1 Å². The fraction of sp³-hybridized carbons (Fsp3) is 0.258. The van der Waals surface area contributed by atoms with Gasteiger partial charge in [0.15, 0.2) is 11.4 Å². The Bertz CT molecular complexity index is 1550. The van der Waals surface area contributed by atoms with E-state index in [1.807, 2.05) is 24.3 Å². The number of halogens is 1. The lowest BCUT2D eigenvalue weighted by molar-refractivity contribution is 0.0858. The molecule has 1 amide bonds. The van der Waals surface area contributed by atoms with Gasteiger partial charge in [0.05, 0.1) is 18.0 Å². The zero-order chi connectivity index (χ0) is 28.1. The zero-order valence-electron chi connectivity index (χ0n) is 22.4. The van der Waals surface area contributed by atoms with Crippen molar-refractivity contribution < 1.29 is 14.3 Å². The summed E-state index contributed by atoms with van der Waals surface area (Å²) in [6.07, 6.45) is 3.47. The minimum atomic E-state index is -0.438. The molecular weight excluding hydrogens is 528 g/mol. The lowest BCUT2D eigenvalue weighted by Crippen LogP contribution is -2.31. The van der Waals surface area contributed by atoms with Gasteiger partial charge in [0.2, 0.25) is 0 Å². The van der Waals surface area contributed by atoms with Crippen molar-refractivity contribution in [1.82, 2.24) is 15.1 Å². The molecule has 1 unspecified atom stereocenters. The molecular formula is C31H31ClN4O4. The van der Waals surface area contributed by atoms with Crippen molar-refractivity contribution in [2.24, 2.45) is 0 Å². The molecule has 1 aliphatic rings. The van der Waals surface area contributed by atoms with Gasteiger partial charge in [-0.3, -0.25) is 9.59 Å². The highest BCUT2D eigenvalue weighted by atomic mass is 35.5. The van der Waals surface area contributed by atoms with Gasteiger partial charge in [-0.2, -0.15) is 9.78 Å². The summed E-state index contributed by atoms with van der Waals surface area (Å²) in [5.41, 5.74) is 2.42. The predicted molar refractivity (Wildman–Crippen MR) is 156 cm³/mol. The van der Waals surface area contributed by atoms with E-state index in [1.165, 1.54) is 16.4 Å². The molecule has 9 heteroatoms. The monoisotopic (exact) mass is 558 g/mol. The van der Waals surface area contributed by atoms with Gasteiger partial charge >= 0.3 is 0 Å². The van der Waals surface area contributed by atoms with Gasteiger partial charge in [0.25, 0.3) is 11.5 Å². The van der Waals surface area contributed by atoms with Crippen LogP contribution in [0.15, 0.2) is 83.8 Å². The molecule has 2 N–H and O–H groups in total. The predicted octanol–water partition coefficient (Wildman–Crippen LogP) is 6.45. The maximum absolute atomic E-state index is 13.7. The third-order valence-corrected chi connectivity index (χ3v) is 6.91. The fourth-order valence-electron chi connectivity index (χ4n) is 4.47. The standard InChI is InChI=1S/C31H31ClN4O4/c1-20(2)21-11-13-26(14-12-21)40-28-19-34-36(25-9-4-7-23(32)17-25)31(38)29(28)35-24-8-3-6-22(16-24)30(37)33-18-27-10-5-15-39-27/h3-4,6-9,11-14,16-17,19-20,27,35H,5,10,15,18H2,1-2H3,(H,33,37). The number of rotatable bonds is 9. The molecule has 0 aliphatic carbocycles. The first-order valence-corrected chi connectivity index (χ1v) is 13.7. The molecule has 1 fully saturated rings. The number of anilines is 2. The van der Waals surface area contributed by atoms with Crippen LogP contribution in [0.3, 0.4) is 0 Å². The van der Waals surface area contributed by atoms with E-state index in [9.17, 15) is 9.59 Å². The smallest absolute Gasteiger partial charge is 0.299 e. The number of benzene rings is 3. The van der Waals surface area contributed by atoms with Crippen LogP contribution in [0.25, 0.3) is 5.69 Å². The van der Waals surface area contributed by atoms with E-state index in [4.69, 9.17) is 21.1 Å². The highest BCUT2D eigenvalue weighted by Gasteiger charge is 2.18. The Morgan fingerprint density at radius 3 is 2.65 bits per heavy atom.